The Kier molecular flexibility index (Phi) is 3.95. The molecule has 1 aromatic heterocycles. The first-order chi connectivity index (χ1) is 8.72. The second-order valence-electron chi connectivity index (χ2n) is 3.65. The predicted octanol–water partition coefficient (Wildman–Crippen LogP) is 3.04. The van der Waals surface area contributed by atoms with Gasteiger partial charge in [0.05, 0.1) is 11.3 Å². The van der Waals surface area contributed by atoms with Crippen molar-refractivity contribution in [3.8, 4) is 6.07 Å². The smallest absolute Gasteiger partial charge is 0.102 e. The molecule has 0 amide bonds. The predicted molar refractivity (Wildman–Crippen MR) is 80.0 cm³/mol. The van der Waals surface area contributed by atoms with Crippen LogP contribution in [0, 0.1) is 14.9 Å². The quantitative estimate of drug-likeness (QED) is 0.671. The Labute approximate surface area is 119 Å². The largest absolute Gasteiger partial charge is 0.397 e. The monoisotopic (exact) mass is 347 g/mol. The van der Waals surface area contributed by atoms with Gasteiger partial charge in [-0.3, -0.25) is 4.98 Å². The number of hydrogen-bond acceptors (Lipinski definition) is 3. The minimum Gasteiger partial charge on any atom is -0.397 e. The number of hydrogen-bond donors (Lipinski definition) is 1. The molecule has 0 aliphatic carbocycles. The van der Waals surface area contributed by atoms with Gasteiger partial charge >= 0.3 is 0 Å². The molecule has 0 aliphatic rings. The Morgan fingerprint density at radius 1 is 1.17 bits per heavy atom. The number of halogens is 1. The topological polar surface area (TPSA) is 62.7 Å². The summed E-state index contributed by atoms with van der Waals surface area (Å²) in [5.74, 6) is 0. The zero-order chi connectivity index (χ0) is 13.0. The molecule has 18 heavy (non-hydrogen) atoms. The molecule has 1 heterocycles. The van der Waals surface area contributed by atoms with Gasteiger partial charge in [0, 0.05) is 21.5 Å². The lowest BCUT2D eigenvalue weighted by molar-refractivity contribution is 1.31. The standard InChI is InChI=1S/C14H10IN3/c15-12-5-3-10(4-6-12)14(17)13(8-16)11-2-1-7-18-9-11/h1-7,9H,17H2/b14-13-. The van der Waals surface area contributed by atoms with Crippen molar-refractivity contribution in [2.45, 2.75) is 0 Å². The Bertz CT molecular complexity index is 610. The molecule has 1 aromatic carbocycles. The van der Waals surface area contributed by atoms with E-state index in [9.17, 15) is 5.26 Å². The first kappa shape index (κ1) is 12.6. The van der Waals surface area contributed by atoms with E-state index < -0.39 is 0 Å². The van der Waals surface area contributed by atoms with E-state index in [1.807, 2.05) is 30.3 Å². The van der Waals surface area contributed by atoms with Crippen molar-refractivity contribution in [2.75, 3.05) is 0 Å². The van der Waals surface area contributed by atoms with E-state index in [-0.39, 0.29) is 0 Å². The molecule has 0 bridgehead atoms. The van der Waals surface area contributed by atoms with Crippen LogP contribution < -0.4 is 5.73 Å². The van der Waals surface area contributed by atoms with Crippen molar-refractivity contribution in [3.63, 3.8) is 0 Å². The molecule has 2 aromatic rings. The van der Waals surface area contributed by atoms with Gasteiger partial charge in [0.15, 0.2) is 0 Å². The van der Waals surface area contributed by atoms with Crippen LogP contribution in [0.1, 0.15) is 11.1 Å². The number of benzene rings is 1. The van der Waals surface area contributed by atoms with Crippen LogP contribution in [0.3, 0.4) is 0 Å². The lowest BCUT2D eigenvalue weighted by Crippen LogP contribution is -2.00. The summed E-state index contributed by atoms with van der Waals surface area (Å²) >= 11 is 2.23. The van der Waals surface area contributed by atoms with Gasteiger partial charge in [0.2, 0.25) is 0 Å². The molecule has 2 N–H and O–H groups in total. The summed E-state index contributed by atoms with van der Waals surface area (Å²) in [4.78, 5) is 4.00. The number of allylic oxidation sites excluding steroid dienone is 1. The van der Waals surface area contributed by atoms with Crippen LogP contribution in [0.5, 0.6) is 0 Å². The molecular weight excluding hydrogens is 337 g/mol. The number of rotatable bonds is 2. The lowest BCUT2D eigenvalue weighted by atomic mass is 10.0. The molecule has 0 unspecified atom stereocenters. The fraction of sp³-hybridized carbons (Fsp3) is 0. The van der Waals surface area contributed by atoms with E-state index in [0.717, 1.165) is 14.7 Å². The van der Waals surface area contributed by atoms with Gasteiger partial charge in [-0.25, -0.2) is 0 Å². The van der Waals surface area contributed by atoms with Gasteiger partial charge < -0.3 is 5.73 Å². The zero-order valence-electron chi connectivity index (χ0n) is 9.47. The molecule has 0 fully saturated rings. The van der Waals surface area contributed by atoms with Crippen molar-refractivity contribution < 1.29 is 0 Å². The highest BCUT2D eigenvalue weighted by molar-refractivity contribution is 14.1. The number of pyridine rings is 1. The van der Waals surface area contributed by atoms with Crippen molar-refractivity contribution >= 4 is 33.9 Å². The number of aromatic nitrogens is 1. The van der Waals surface area contributed by atoms with Crippen LogP contribution in [0.2, 0.25) is 0 Å². The summed E-state index contributed by atoms with van der Waals surface area (Å²) in [6, 6.07) is 13.5. The number of nitrogens with two attached hydrogens (primary N) is 1. The maximum Gasteiger partial charge on any atom is 0.102 e. The van der Waals surface area contributed by atoms with Crippen LogP contribution in [-0.4, -0.2) is 4.98 Å². The lowest BCUT2D eigenvalue weighted by Gasteiger charge is -2.06. The average molecular weight is 347 g/mol. The maximum absolute atomic E-state index is 9.25. The highest BCUT2D eigenvalue weighted by Gasteiger charge is 2.08. The Balaban J connectivity index is 2.51. The fourth-order valence-electron chi connectivity index (χ4n) is 1.56. The van der Waals surface area contributed by atoms with Crippen LogP contribution in [0.15, 0.2) is 48.8 Å². The molecule has 3 nitrogen and oxygen atoms in total. The van der Waals surface area contributed by atoms with Crippen molar-refractivity contribution in [1.29, 1.82) is 5.26 Å². The molecule has 0 spiro atoms. The van der Waals surface area contributed by atoms with Crippen LogP contribution in [0.4, 0.5) is 0 Å². The fourth-order valence-corrected chi connectivity index (χ4v) is 1.92. The van der Waals surface area contributed by atoms with Gasteiger partial charge in [0.1, 0.15) is 6.07 Å². The summed E-state index contributed by atoms with van der Waals surface area (Å²) < 4.78 is 1.13. The SMILES string of the molecule is N#C/C(=C(/N)c1ccc(I)cc1)c1cccnc1. The molecule has 88 valence electrons. The zero-order valence-corrected chi connectivity index (χ0v) is 11.6. The molecule has 2 rings (SSSR count). The third kappa shape index (κ3) is 2.68. The molecular formula is C14H10IN3. The Morgan fingerprint density at radius 2 is 1.89 bits per heavy atom. The minimum atomic E-state index is 0.448. The van der Waals surface area contributed by atoms with E-state index >= 15 is 0 Å². The van der Waals surface area contributed by atoms with Gasteiger partial charge in [-0.1, -0.05) is 18.2 Å². The molecule has 4 heteroatoms. The first-order valence-corrected chi connectivity index (χ1v) is 6.36. The van der Waals surface area contributed by atoms with E-state index in [0.29, 0.717) is 11.3 Å². The third-order valence-corrected chi connectivity index (χ3v) is 3.21. The number of nitrogens with zero attached hydrogens (tertiary/aromatic N) is 2. The van der Waals surface area contributed by atoms with Crippen LogP contribution in [-0.2, 0) is 0 Å². The van der Waals surface area contributed by atoms with E-state index in [2.05, 4.69) is 33.6 Å². The van der Waals surface area contributed by atoms with Gasteiger partial charge in [0.25, 0.3) is 0 Å². The summed E-state index contributed by atoms with van der Waals surface area (Å²) in [5.41, 5.74) is 8.56. The molecule has 0 radical (unpaired) electrons. The van der Waals surface area contributed by atoms with Gasteiger partial charge in [-0.05, 0) is 46.4 Å². The summed E-state index contributed by atoms with van der Waals surface area (Å²) in [6.07, 6.45) is 3.30. The van der Waals surface area contributed by atoms with Crippen molar-refractivity contribution in [3.05, 3.63) is 63.5 Å². The Morgan fingerprint density at radius 3 is 2.44 bits per heavy atom. The van der Waals surface area contributed by atoms with Crippen molar-refractivity contribution in [2.24, 2.45) is 5.73 Å². The summed E-state index contributed by atoms with van der Waals surface area (Å²) in [6.45, 7) is 0. The highest BCUT2D eigenvalue weighted by Crippen LogP contribution is 2.22. The van der Waals surface area contributed by atoms with Crippen molar-refractivity contribution in [1.82, 2.24) is 4.98 Å². The Hall–Kier alpha value is -1.87. The third-order valence-electron chi connectivity index (χ3n) is 2.49. The molecule has 0 saturated heterocycles. The van der Waals surface area contributed by atoms with Crippen LogP contribution >= 0.6 is 22.6 Å². The molecule has 0 aliphatic heterocycles. The van der Waals surface area contributed by atoms with Crippen LogP contribution in [0.25, 0.3) is 11.3 Å². The minimum absolute atomic E-state index is 0.448. The maximum atomic E-state index is 9.25. The van der Waals surface area contributed by atoms with E-state index in [4.69, 9.17) is 5.73 Å². The molecule has 0 saturated carbocycles. The van der Waals surface area contributed by atoms with E-state index in [1.165, 1.54) is 0 Å². The van der Waals surface area contributed by atoms with Gasteiger partial charge in [-0.2, -0.15) is 5.26 Å². The number of nitriles is 1. The highest BCUT2D eigenvalue weighted by atomic mass is 127. The average Bonchev–Trinajstić information content (AvgIpc) is 2.41. The second kappa shape index (κ2) is 5.65. The summed E-state index contributed by atoms with van der Waals surface area (Å²) in [7, 11) is 0. The second-order valence-corrected chi connectivity index (χ2v) is 4.89. The molecule has 0 atom stereocenters. The first-order valence-electron chi connectivity index (χ1n) is 5.28. The summed E-state index contributed by atoms with van der Waals surface area (Å²) in [5, 5.41) is 9.25. The van der Waals surface area contributed by atoms with E-state index in [1.54, 1.807) is 18.5 Å². The normalized spacial score (nSPS) is 11.6. The van der Waals surface area contributed by atoms with Gasteiger partial charge in [-0.15, -0.1) is 0 Å².